The molecular formula is C12H13F3N2O4. The number of nitro benzene ring substituents is 1. The van der Waals surface area contributed by atoms with Gasteiger partial charge in [0, 0.05) is 24.8 Å². The molecule has 0 unspecified atom stereocenters. The molecule has 6 nitrogen and oxygen atoms in total. The molecule has 0 saturated heterocycles. The summed E-state index contributed by atoms with van der Waals surface area (Å²) < 4.78 is 38.6. The van der Waals surface area contributed by atoms with E-state index in [0.717, 1.165) is 6.07 Å². The van der Waals surface area contributed by atoms with Crippen molar-refractivity contribution in [1.82, 2.24) is 0 Å². The molecule has 0 atom stereocenters. The van der Waals surface area contributed by atoms with Crippen LogP contribution in [-0.4, -0.2) is 29.1 Å². The number of carboxylic acid groups (broad SMARTS) is 1. The van der Waals surface area contributed by atoms with Gasteiger partial charge in [-0.15, -0.1) is 0 Å². The maximum absolute atomic E-state index is 12.9. The van der Waals surface area contributed by atoms with Crippen LogP contribution in [0.5, 0.6) is 0 Å². The molecule has 116 valence electrons. The predicted molar refractivity (Wildman–Crippen MR) is 68.2 cm³/mol. The van der Waals surface area contributed by atoms with E-state index in [2.05, 4.69) is 0 Å². The summed E-state index contributed by atoms with van der Waals surface area (Å²) in [5.74, 6) is -1.08. The number of carboxylic acids is 1. The number of aliphatic carboxylic acids is 1. The Hall–Kier alpha value is -2.32. The molecule has 0 bridgehead atoms. The van der Waals surface area contributed by atoms with Crippen molar-refractivity contribution >= 4 is 17.3 Å². The number of benzene rings is 1. The van der Waals surface area contributed by atoms with Gasteiger partial charge in [-0.3, -0.25) is 14.9 Å². The summed E-state index contributed by atoms with van der Waals surface area (Å²) in [6, 6.07) is 2.63. The second kappa shape index (κ2) is 6.42. The van der Waals surface area contributed by atoms with Crippen molar-refractivity contribution in [2.45, 2.75) is 19.5 Å². The van der Waals surface area contributed by atoms with Crippen molar-refractivity contribution in [3.05, 3.63) is 33.9 Å². The van der Waals surface area contributed by atoms with Crippen LogP contribution in [-0.2, 0) is 11.0 Å². The first-order valence-corrected chi connectivity index (χ1v) is 5.99. The van der Waals surface area contributed by atoms with Crippen molar-refractivity contribution in [2.24, 2.45) is 0 Å². The molecule has 1 rings (SSSR count). The summed E-state index contributed by atoms with van der Waals surface area (Å²) in [5.41, 5.74) is -2.28. The molecule has 1 aromatic rings. The molecule has 0 aliphatic rings. The Bertz CT molecular complexity index is 546. The largest absolute Gasteiger partial charge is 0.481 e. The highest BCUT2D eigenvalue weighted by atomic mass is 19.4. The number of hydrogen-bond acceptors (Lipinski definition) is 4. The molecule has 0 aliphatic carbocycles. The van der Waals surface area contributed by atoms with Gasteiger partial charge in [0.15, 0.2) is 0 Å². The molecule has 1 N–H and O–H groups in total. The van der Waals surface area contributed by atoms with Gasteiger partial charge in [-0.25, -0.2) is 0 Å². The topological polar surface area (TPSA) is 83.7 Å². The molecule has 0 radical (unpaired) electrons. The standard InChI is InChI=1S/C12H13F3N2O4/c1-2-16(6-5-11(18)19)8-3-4-10(17(20)21)9(7-8)12(13,14)15/h3-4,7H,2,5-6H2,1H3,(H,18,19). The Balaban J connectivity index is 3.20. The van der Waals surface area contributed by atoms with Crippen LogP contribution in [0.4, 0.5) is 24.5 Å². The summed E-state index contributed by atoms with van der Waals surface area (Å²) in [6.45, 7) is 1.94. The van der Waals surface area contributed by atoms with E-state index in [1.165, 1.54) is 11.0 Å². The number of carbonyl (C=O) groups is 1. The molecule has 0 saturated carbocycles. The Morgan fingerprint density at radius 1 is 1.43 bits per heavy atom. The molecule has 9 heteroatoms. The maximum atomic E-state index is 12.9. The first-order chi connectivity index (χ1) is 9.66. The van der Waals surface area contributed by atoms with Crippen LogP contribution in [0.2, 0.25) is 0 Å². The Morgan fingerprint density at radius 3 is 2.48 bits per heavy atom. The van der Waals surface area contributed by atoms with Gasteiger partial charge in [0.05, 0.1) is 11.3 Å². The van der Waals surface area contributed by atoms with E-state index in [0.29, 0.717) is 6.07 Å². The summed E-state index contributed by atoms with van der Waals surface area (Å²) in [5, 5.41) is 19.3. The summed E-state index contributed by atoms with van der Waals surface area (Å²) >= 11 is 0. The zero-order valence-corrected chi connectivity index (χ0v) is 11.1. The van der Waals surface area contributed by atoms with E-state index in [9.17, 15) is 28.1 Å². The van der Waals surface area contributed by atoms with E-state index < -0.39 is 28.3 Å². The first-order valence-electron chi connectivity index (χ1n) is 5.99. The molecular weight excluding hydrogens is 293 g/mol. The van der Waals surface area contributed by atoms with Crippen molar-refractivity contribution in [2.75, 3.05) is 18.0 Å². The number of nitrogens with zero attached hydrogens (tertiary/aromatic N) is 2. The van der Waals surface area contributed by atoms with Crippen LogP contribution < -0.4 is 4.90 Å². The zero-order chi connectivity index (χ0) is 16.2. The van der Waals surface area contributed by atoms with Crippen molar-refractivity contribution in [1.29, 1.82) is 0 Å². The van der Waals surface area contributed by atoms with Gasteiger partial charge in [-0.05, 0) is 19.1 Å². The Kier molecular flexibility index (Phi) is 5.12. The molecule has 0 spiro atoms. The number of anilines is 1. The highest BCUT2D eigenvalue weighted by molar-refractivity contribution is 5.68. The van der Waals surface area contributed by atoms with Crippen LogP contribution in [0.3, 0.4) is 0 Å². The molecule has 21 heavy (non-hydrogen) atoms. The maximum Gasteiger partial charge on any atom is 0.423 e. The average Bonchev–Trinajstić information content (AvgIpc) is 2.37. The number of rotatable bonds is 6. The lowest BCUT2D eigenvalue weighted by Crippen LogP contribution is -2.26. The SMILES string of the molecule is CCN(CCC(=O)O)c1ccc([N+](=O)[O-])c(C(F)(F)F)c1. The first kappa shape index (κ1) is 16.7. The lowest BCUT2D eigenvalue weighted by atomic mass is 10.1. The average molecular weight is 306 g/mol. The van der Waals surface area contributed by atoms with Gasteiger partial charge < -0.3 is 10.0 Å². The lowest BCUT2D eigenvalue weighted by Gasteiger charge is -2.23. The van der Waals surface area contributed by atoms with Crippen LogP contribution in [0.15, 0.2) is 18.2 Å². The fraction of sp³-hybridized carbons (Fsp3) is 0.417. The second-order valence-electron chi connectivity index (χ2n) is 4.18. The van der Waals surface area contributed by atoms with Crippen molar-refractivity contribution < 1.29 is 28.0 Å². The van der Waals surface area contributed by atoms with E-state index in [4.69, 9.17) is 5.11 Å². The monoisotopic (exact) mass is 306 g/mol. The van der Waals surface area contributed by atoms with E-state index in [1.807, 2.05) is 0 Å². The van der Waals surface area contributed by atoms with Gasteiger partial charge in [-0.1, -0.05) is 0 Å². The minimum absolute atomic E-state index is 0.0148. The van der Waals surface area contributed by atoms with Crippen LogP contribution in [0.1, 0.15) is 18.9 Å². The minimum Gasteiger partial charge on any atom is -0.481 e. The molecule has 0 heterocycles. The predicted octanol–water partition coefficient (Wildman–Crippen LogP) is 2.91. The summed E-state index contributed by atoms with van der Waals surface area (Å²) in [6.07, 6.45) is -5.10. The number of halogens is 3. The van der Waals surface area contributed by atoms with Gasteiger partial charge in [-0.2, -0.15) is 13.2 Å². The minimum atomic E-state index is -4.86. The quantitative estimate of drug-likeness (QED) is 0.645. The molecule has 0 fully saturated rings. The van der Waals surface area contributed by atoms with Gasteiger partial charge in [0.2, 0.25) is 0 Å². The third-order valence-corrected chi connectivity index (χ3v) is 2.82. The third-order valence-electron chi connectivity index (χ3n) is 2.82. The Morgan fingerprint density at radius 2 is 2.05 bits per heavy atom. The van der Waals surface area contributed by atoms with Gasteiger partial charge >= 0.3 is 12.1 Å². The fourth-order valence-electron chi connectivity index (χ4n) is 1.81. The normalized spacial score (nSPS) is 11.2. The smallest absolute Gasteiger partial charge is 0.423 e. The highest BCUT2D eigenvalue weighted by Gasteiger charge is 2.38. The second-order valence-corrected chi connectivity index (χ2v) is 4.18. The molecule has 0 amide bonds. The van der Waals surface area contributed by atoms with Crippen LogP contribution >= 0.6 is 0 Å². The van der Waals surface area contributed by atoms with E-state index in [-0.39, 0.29) is 25.2 Å². The lowest BCUT2D eigenvalue weighted by molar-refractivity contribution is -0.388. The van der Waals surface area contributed by atoms with E-state index in [1.54, 1.807) is 6.92 Å². The van der Waals surface area contributed by atoms with Crippen molar-refractivity contribution in [3.8, 4) is 0 Å². The number of alkyl halides is 3. The molecule has 0 aromatic heterocycles. The highest BCUT2D eigenvalue weighted by Crippen LogP contribution is 2.38. The number of nitro groups is 1. The van der Waals surface area contributed by atoms with Crippen LogP contribution in [0.25, 0.3) is 0 Å². The third kappa shape index (κ3) is 4.33. The molecule has 1 aromatic carbocycles. The van der Waals surface area contributed by atoms with Crippen LogP contribution in [0, 0.1) is 10.1 Å². The van der Waals surface area contributed by atoms with Gasteiger partial charge in [0.1, 0.15) is 5.56 Å². The molecule has 0 aliphatic heterocycles. The van der Waals surface area contributed by atoms with Crippen molar-refractivity contribution in [3.63, 3.8) is 0 Å². The Labute approximate surface area is 117 Å². The van der Waals surface area contributed by atoms with E-state index >= 15 is 0 Å². The summed E-state index contributed by atoms with van der Waals surface area (Å²) in [7, 11) is 0. The summed E-state index contributed by atoms with van der Waals surface area (Å²) in [4.78, 5) is 21.5. The zero-order valence-electron chi connectivity index (χ0n) is 11.1. The fourth-order valence-corrected chi connectivity index (χ4v) is 1.81. The number of hydrogen-bond donors (Lipinski definition) is 1. The van der Waals surface area contributed by atoms with Gasteiger partial charge in [0.25, 0.3) is 5.69 Å².